The normalized spacial score (nSPS) is 18.5. The van der Waals surface area contributed by atoms with E-state index in [0.717, 1.165) is 35.1 Å². The van der Waals surface area contributed by atoms with Crippen molar-refractivity contribution in [2.45, 2.75) is 25.3 Å². The van der Waals surface area contributed by atoms with Crippen molar-refractivity contribution in [3.63, 3.8) is 0 Å². The summed E-state index contributed by atoms with van der Waals surface area (Å²) in [6.45, 7) is 0. The summed E-state index contributed by atoms with van der Waals surface area (Å²) < 4.78 is 0. The molecule has 0 radical (unpaired) electrons. The van der Waals surface area contributed by atoms with Gasteiger partial charge in [-0.3, -0.25) is 4.79 Å². The molecule has 3 aromatic rings. The molecule has 140 valence electrons. The maximum Gasteiger partial charge on any atom is 0.163 e. The van der Waals surface area contributed by atoms with E-state index in [2.05, 4.69) is 85.0 Å². The Morgan fingerprint density at radius 3 is 2.50 bits per heavy atom. The number of benzene rings is 3. The number of carbonyl (C=O) groups excluding carboxylic acids is 1. The summed E-state index contributed by atoms with van der Waals surface area (Å²) in [5.41, 5.74) is 6.76. The van der Waals surface area contributed by atoms with Crippen LogP contribution in [0, 0.1) is 0 Å². The molecule has 28 heavy (non-hydrogen) atoms. The number of hydrogen-bond acceptors (Lipinski definition) is 3. The molecule has 1 aliphatic carbocycles. The average molecular weight is 368 g/mol. The standard InChI is InChI=1S/C25H24N2O/c1-27(2)18-13-10-17(11-14-18)25-20-8-5-9-22(28)24(20)23-19-7-4-3-6-16(19)12-15-21(23)26-25/h3-4,6-7,10-15,25-26H,5,8-9H2,1-2H3. The van der Waals surface area contributed by atoms with E-state index in [1.807, 2.05) is 0 Å². The molecular weight excluding hydrogens is 344 g/mol. The van der Waals surface area contributed by atoms with Gasteiger partial charge in [-0.25, -0.2) is 0 Å². The first kappa shape index (κ1) is 17.1. The molecule has 0 amide bonds. The molecule has 1 heterocycles. The zero-order valence-electron chi connectivity index (χ0n) is 16.3. The van der Waals surface area contributed by atoms with Crippen LogP contribution in [-0.2, 0) is 4.79 Å². The van der Waals surface area contributed by atoms with Gasteiger partial charge in [0.25, 0.3) is 0 Å². The van der Waals surface area contributed by atoms with Crippen LogP contribution in [-0.4, -0.2) is 19.9 Å². The van der Waals surface area contributed by atoms with Crippen molar-refractivity contribution >= 4 is 33.5 Å². The third kappa shape index (κ3) is 2.62. The molecule has 5 rings (SSSR count). The zero-order valence-corrected chi connectivity index (χ0v) is 16.3. The van der Waals surface area contributed by atoms with Gasteiger partial charge in [-0.05, 0) is 52.9 Å². The second-order valence-corrected chi connectivity index (χ2v) is 7.95. The Morgan fingerprint density at radius 1 is 0.929 bits per heavy atom. The van der Waals surface area contributed by atoms with Gasteiger partial charge in [0.2, 0.25) is 0 Å². The highest BCUT2D eigenvalue weighted by molar-refractivity contribution is 6.27. The Morgan fingerprint density at radius 2 is 1.71 bits per heavy atom. The van der Waals surface area contributed by atoms with Crippen molar-refractivity contribution in [1.82, 2.24) is 0 Å². The molecule has 3 nitrogen and oxygen atoms in total. The van der Waals surface area contributed by atoms with Crippen LogP contribution >= 0.6 is 0 Å². The molecule has 2 aliphatic rings. The quantitative estimate of drug-likeness (QED) is 0.641. The van der Waals surface area contributed by atoms with Gasteiger partial charge in [-0.15, -0.1) is 0 Å². The summed E-state index contributed by atoms with van der Waals surface area (Å²) in [7, 11) is 4.10. The highest BCUT2D eigenvalue weighted by atomic mass is 16.1. The minimum Gasteiger partial charge on any atom is -0.378 e. The van der Waals surface area contributed by atoms with Crippen LogP contribution in [0.2, 0.25) is 0 Å². The maximum absolute atomic E-state index is 13.1. The Hall–Kier alpha value is -3.07. The fourth-order valence-electron chi connectivity index (χ4n) is 4.61. The van der Waals surface area contributed by atoms with E-state index in [-0.39, 0.29) is 11.8 Å². The van der Waals surface area contributed by atoms with Gasteiger partial charge in [-0.2, -0.15) is 0 Å². The van der Waals surface area contributed by atoms with Crippen LogP contribution in [0.3, 0.4) is 0 Å². The first-order valence-corrected chi connectivity index (χ1v) is 9.95. The lowest BCUT2D eigenvalue weighted by molar-refractivity contribution is -0.114. The molecule has 1 atom stereocenters. The van der Waals surface area contributed by atoms with Gasteiger partial charge < -0.3 is 10.2 Å². The molecule has 0 saturated heterocycles. The molecular formula is C25H24N2O. The van der Waals surface area contributed by atoms with Crippen LogP contribution < -0.4 is 10.2 Å². The largest absolute Gasteiger partial charge is 0.378 e. The van der Waals surface area contributed by atoms with Crippen molar-refractivity contribution in [2.24, 2.45) is 0 Å². The van der Waals surface area contributed by atoms with Crippen molar-refractivity contribution in [1.29, 1.82) is 0 Å². The number of Topliss-reactive ketones (excluding diaryl/α,β-unsaturated/α-hetero) is 1. The summed E-state index contributed by atoms with van der Waals surface area (Å²) in [6, 6.07) is 21.4. The first-order chi connectivity index (χ1) is 13.6. The lowest BCUT2D eigenvalue weighted by atomic mass is 9.77. The highest BCUT2D eigenvalue weighted by Gasteiger charge is 2.34. The smallest absolute Gasteiger partial charge is 0.163 e. The zero-order chi connectivity index (χ0) is 19.3. The van der Waals surface area contributed by atoms with Gasteiger partial charge in [0.1, 0.15) is 0 Å². The number of fused-ring (bicyclic) bond motifs is 4. The predicted octanol–water partition coefficient (Wildman–Crippen LogP) is 5.58. The minimum atomic E-state index is 0.0594. The predicted molar refractivity (Wildman–Crippen MR) is 117 cm³/mol. The third-order valence-electron chi connectivity index (χ3n) is 6.02. The van der Waals surface area contributed by atoms with E-state index in [1.165, 1.54) is 22.2 Å². The Kier molecular flexibility index (Phi) is 3.97. The van der Waals surface area contributed by atoms with Gasteiger partial charge in [0.05, 0.1) is 6.04 Å². The number of rotatable bonds is 2. The van der Waals surface area contributed by atoms with Crippen molar-refractivity contribution in [3.05, 3.63) is 77.4 Å². The number of hydrogen-bond donors (Lipinski definition) is 1. The topological polar surface area (TPSA) is 32.3 Å². The summed E-state index contributed by atoms with van der Waals surface area (Å²) in [5, 5.41) is 6.10. The molecule has 0 aromatic heterocycles. The number of allylic oxidation sites excluding steroid dienone is 1. The van der Waals surface area contributed by atoms with E-state index >= 15 is 0 Å². The van der Waals surface area contributed by atoms with Crippen molar-refractivity contribution in [3.8, 4) is 0 Å². The Balaban J connectivity index is 1.71. The number of nitrogens with one attached hydrogen (secondary N) is 1. The van der Waals surface area contributed by atoms with E-state index in [1.54, 1.807) is 0 Å². The second-order valence-electron chi connectivity index (χ2n) is 7.95. The van der Waals surface area contributed by atoms with Crippen LogP contribution in [0.5, 0.6) is 0 Å². The van der Waals surface area contributed by atoms with Crippen molar-refractivity contribution in [2.75, 3.05) is 24.3 Å². The minimum absolute atomic E-state index is 0.0594. The first-order valence-electron chi connectivity index (χ1n) is 9.95. The second kappa shape index (κ2) is 6.52. The Bertz CT molecular complexity index is 1110. The van der Waals surface area contributed by atoms with Crippen LogP contribution in [0.25, 0.3) is 16.3 Å². The van der Waals surface area contributed by atoms with Gasteiger partial charge in [0.15, 0.2) is 5.78 Å². The fourth-order valence-corrected chi connectivity index (χ4v) is 4.61. The monoisotopic (exact) mass is 368 g/mol. The SMILES string of the molecule is CN(C)c1ccc(C2Nc3ccc4ccccc4c3C3=C2CCCC3=O)cc1. The van der Waals surface area contributed by atoms with Crippen LogP contribution in [0.4, 0.5) is 11.4 Å². The van der Waals surface area contributed by atoms with E-state index in [9.17, 15) is 4.79 Å². The molecule has 0 fully saturated rings. The summed E-state index contributed by atoms with van der Waals surface area (Å²) in [5.74, 6) is 0.287. The van der Waals surface area contributed by atoms with Crippen molar-refractivity contribution < 1.29 is 4.79 Å². The number of anilines is 2. The van der Waals surface area contributed by atoms with E-state index in [0.29, 0.717) is 6.42 Å². The van der Waals surface area contributed by atoms with E-state index < -0.39 is 0 Å². The van der Waals surface area contributed by atoms with Crippen LogP contribution in [0.15, 0.2) is 66.2 Å². The third-order valence-corrected chi connectivity index (χ3v) is 6.02. The summed E-state index contributed by atoms with van der Waals surface area (Å²) in [4.78, 5) is 15.2. The van der Waals surface area contributed by atoms with E-state index in [4.69, 9.17) is 0 Å². The number of nitrogens with zero attached hydrogens (tertiary/aromatic N) is 1. The Labute approximate surface area is 165 Å². The van der Waals surface area contributed by atoms with Crippen LogP contribution in [0.1, 0.15) is 36.4 Å². The number of ketones is 1. The van der Waals surface area contributed by atoms with Gasteiger partial charge in [0, 0.05) is 43.0 Å². The average Bonchev–Trinajstić information content (AvgIpc) is 2.73. The summed E-state index contributed by atoms with van der Waals surface area (Å²) in [6.07, 6.45) is 2.55. The number of carbonyl (C=O) groups is 1. The van der Waals surface area contributed by atoms with Gasteiger partial charge >= 0.3 is 0 Å². The summed E-state index contributed by atoms with van der Waals surface area (Å²) >= 11 is 0. The lowest BCUT2D eigenvalue weighted by Crippen LogP contribution is -2.25. The molecule has 0 saturated carbocycles. The molecule has 0 spiro atoms. The maximum atomic E-state index is 13.1. The lowest BCUT2D eigenvalue weighted by Gasteiger charge is -2.35. The fraction of sp³-hybridized carbons (Fsp3) is 0.240. The molecule has 1 N–H and O–H groups in total. The molecule has 1 unspecified atom stereocenters. The molecule has 3 heteroatoms. The molecule has 1 aliphatic heterocycles. The highest BCUT2D eigenvalue weighted by Crippen LogP contribution is 2.47. The molecule has 0 bridgehead atoms. The van der Waals surface area contributed by atoms with Gasteiger partial charge in [-0.1, -0.05) is 42.5 Å². The molecule has 3 aromatic carbocycles.